The molecule has 0 aromatic carbocycles. The second kappa shape index (κ2) is 4.07. The second-order valence-corrected chi connectivity index (χ2v) is 3.90. The van der Waals surface area contributed by atoms with E-state index in [2.05, 4.69) is 4.90 Å². The summed E-state index contributed by atoms with van der Waals surface area (Å²) in [7, 11) is 1.39. The van der Waals surface area contributed by atoms with E-state index >= 15 is 0 Å². The van der Waals surface area contributed by atoms with Crippen LogP contribution in [0.5, 0.6) is 0 Å². The fourth-order valence-corrected chi connectivity index (χ4v) is 1.70. The molecule has 1 rings (SSSR count). The Hall–Kier alpha value is 0.177. The van der Waals surface area contributed by atoms with Gasteiger partial charge in [0, 0.05) is 10.2 Å². The minimum Gasteiger partial charge on any atom is -0.303 e. The van der Waals surface area contributed by atoms with Gasteiger partial charge in [-0.05, 0) is 38.9 Å². The number of hydrogen-bond acceptors (Lipinski definition) is 1. The Morgan fingerprint density at radius 1 is 1.22 bits per heavy atom. The molecule has 0 radical (unpaired) electrons. The number of nitrogens with zero attached hydrogens (tertiary/aromatic N) is 1. The Morgan fingerprint density at radius 3 is 2.44 bits per heavy atom. The van der Waals surface area contributed by atoms with E-state index in [1.807, 2.05) is 0 Å². The lowest BCUT2D eigenvalue weighted by Crippen LogP contribution is -2.19. The van der Waals surface area contributed by atoms with Crippen LogP contribution in [0.25, 0.3) is 0 Å². The summed E-state index contributed by atoms with van der Waals surface area (Å²) in [5.74, 6) is 0. The van der Waals surface area contributed by atoms with Crippen molar-refractivity contribution in [3.63, 3.8) is 0 Å². The monoisotopic (exact) mass is 143 g/mol. The van der Waals surface area contributed by atoms with Crippen LogP contribution in [-0.4, -0.2) is 34.8 Å². The molecule has 0 aliphatic carbocycles. The molecule has 54 valence electrons. The van der Waals surface area contributed by atoms with Gasteiger partial charge in [-0.3, -0.25) is 0 Å². The number of likely N-dealkylation sites (tertiary alicyclic amines) is 1. The summed E-state index contributed by atoms with van der Waals surface area (Å²) in [5, 5.41) is 0. The molecule has 0 amide bonds. The molecule has 1 saturated heterocycles. The number of hydrogen-bond donors (Lipinski definition) is 0. The van der Waals surface area contributed by atoms with Crippen LogP contribution in [0.1, 0.15) is 19.3 Å². The average Bonchev–Trinajstić information content (AvgIpc) is 2.34. The van der Waals surface area contributed by atoms with Gasteiger partial charge in [0.1, 0.15) is 0 Å². The van der Waals surface area contributed by atoms with Crippen molar-refractivity contribution >= 4 is 10.2 Å². The van der Waals surface area contributed by atoms with Crippen molar-refractivity contribution in [2.75, 3.05) is 19.6 Å². The Bertz CT molecular complexity index is 69.3. The van der Waals surface area contributed by atoms with Crippen LogP contribution in [0.4, 0.5) is 0 Å². The third kappa shape index (κ3) is 2.50. The van der Waals surface area contributed by atoms with Crippen LogP contribution in [0, 0.1) is 0 Å². The first-order valence-corrected chi connectivity index (χ1v) is 5.57. The molecule has 0 spiro atoms. The standard InChI is InChI=1S/C7H17NSi/c9-7-3-6-8-4-1-2-5-8/h1-7H2,9H3. The third-order valence-electron chi connectivity index (χ3n) is 2.03. The van der Waals surface area contributed by atoms with Crippen LogP contribution in [0.3, 0.4) is 0 Å². The second-order valence-electron chi connectivity index (χ2n) is 2.90. The van der Waals surface area contributed by atoms with Crippen molar-refractivity contribution in [1.82, 2.24) is 4.90 Å². The molecular formula is C7H17NSi. The molecule has 0 unspecified atom stereocenters. The molecule has 2 heteroatoms. The van der Waals surface area contributed by atoms with Gasteiger partial charge in [-0.25, -0.2) is 0 Å². The van der Waals surface area contributed by atoms with Gasteiger partial charge < -0.3 is 4.90 Å². The lowest BCUT2D eigenvalue weighted by molar-refractivity contribution is 0.340. The Balaban J connectivity index is 1.98. The zero-order valence-corrected chi connectivity index (χ0v) is 8.40. The summed E-state index contributed by atoms with van der Waals surface area (Å²) < 4.78 is 0. The first kappa shape index (κ1) is 7.29. The van der Waals surface area contributed by atoms with E-state index in [1.54, 1.807) is 0 Å². The summed E-state index contributed by atoms with van der Waals surface area (Å²) in [5.41, 5.74) is 0. The highest BCUT2D eigenvalue weighted by Gasteiger charge is 2.08. The predicted molar refractivity (Wildman–Crippen MR) is 45.0 cm³/mol. The molecule has 0 aromatic rings. The molecule has 0 bridgehead atoms. The van der Waals surface area contributed by atoms with E-state index in [0.717, 1.165) is 0 Å². The van der Waals surface area contributed by atoms with Crippen LogP contribution in [0.2, 0.25) is 6.04 Å². The maximum atomic E-state index is 2.60. The van der Waals surface area contributed by atoms with Crippen LogP contribution < -0.4 is 0 Å². The maximum Gasteiger partial charge on any atom is 0.00286 e. The van der Waals surface area contributed by atoms with Crippen LogP contribution in [0.15, 0.2) is 0 Å². The molecule has 1 fully saturated rings. The Labute approximate surface area is 60.9 Å². The molecule has 0 atom stereocenters. The van der Waals surface area contributed by atoms with Crippen molar-refractivity contribution in [1.29, 1.82) is 0 Å². The quantitative estimate of drug-likeness (QED) is 0.512. The molecule has 1 aliphatic heterocycles. The van der Waals surface area contributed by atoms with E-state index in [-0.39, 0.29) is 0 Å². The SMILES string of the molecule is [SiH3]CCCN1CCCC1. The zero-order chi connectivity index (χ0) is 6.53. The van der Waals surface area contributed by atoms with Crippen molar-refractivity contribution < 1.29 is 0 Å². The first-order chi connectivity index (χ1) is 4.43. The molecule has 0 aromatic heterocycles. The number of rotatable bonds is 3. The largest absolute Gasteiger partial charge is 0.303 e. The van der Waals surface area contributed by atoms with Gasteiger partial charge in [0.15, 0.2) is 0 Å². The highest BCUT2D eigenvalue weighted by Crippen LogP contribution is 2.07. The maximum absolute atomic E-state index is 2.60. The molecule has 0 N–H and O–H groups in total. The molecule has 0 saturated carbocycles. The molecule has 1 nitrogen and oxygen atoms in total. The summed E-state index contributed by atoms with van der Waals surface area (Å²) in [6.45, 7) is 4.13. The van der Waals surface area contributed by atoms with E-state index in [9.17, 15) is 0 Å². The lowest BCUT2D eigenvalue weighted by atomic mass is 10.4. The van der Waals surface area contributed by atoms with Gasteiger partial charge in [0.05, 0.1) is 0 Å². The molecule has 9 heavy (non-hydrogen) atoms. The normalized spacial score (nSPS) is 21.3. The highest BCUT2D eigenvalue weighted by molar-refractivity contribution is 6.08. The molecule has 1 heterocycles. The van der Waals surface area contributed by atoms with Gasteiger partial charge in [0.25, 0.3) is 0 Å². The fraction of sp³-hybridized carbons (Fsp3) is 1.00. The summed E-state index contributed by atoms with van der Waals surface area (Å²) in [4.78, 5) is 2.60. The zero-order valence-electron chi connectivity index (χ0n) is 6.40. The van der Waals surface area contributed by atoms with Gasteiger partial charge in [-0.1, -0.05) is 6.04 Å². The lowest BCUT2D eigenvalue weighted by Gasteiger charge is -2.12. The van der Waals surface area contributed by atoms with E-state index in [1.165, 1.54) is 55.2 Å². The average molecular weight is 143 g/mol. The minimum atomic E-state index is 1.38. The van der Waals surface area contributed by atoms with Gasteiger partial charge in [-0.15, -0.1) is 0 Å². The van der Waals surface area contributed by atoms with Crippen molar-refractivity contribution in [2.45, 2.75) is 25.3 Å². The van der Waals surface area contributed by atoms with E-state index < -0.39 is 0 Å². The summed E-state index contributed by atoms with van der Waals surface area (Å²) >= 11 is 0. The van der Waals surface area contributed by atoms with Crippen LogP contribution in [-0.2, 0) is 0 Å². The summed E-state index contributed by atoms with van der Waals surface area (Å²) in [6.07, 6.45) is 4.34. The van der Waals surface area contributed by atoms with E-state index in [4.69, 9.17) is 0 Å². The van der Waals surface area contributed by atoms with Crippen molar-refractivity contribution in [3.05, 3.63) is 0 Å². The van der Waals surface area contributed by atoms with Crippen molar-refractivity contribution in [3.8, 4) is 0 Å². The Kier molecular flexibility index (Phi) is 3.29. The smallest absolute Gasteiger partial charge is 0.00286 e. The van der Waals surface area contributed by atoms with Crippen molar-refractivity contribution in [2.24, 2.45) is 0 Å². The van der Waals surface area contributed by atoms with Gasteiger partial charge >= 0.3 is 0 Å². The highest BCUT2D eigenvalue weighted by atomic mass is 28.1. The third-order valence-corrected chi connectivity index (χ3v) is 2.73. The Morgan fingerprint density at radius 2 is 1.89 bits per heavy atom. The topological polar surface area (TPSA) is 3.24 Å². The summed E-state index contributed by atoms with van der Waals surface area (Å²) in [6, 6.07) is 1.48. The molecular weight excluding hydrogens is 126 g/mol. The van der Waals surface area contributed by atoms with Crippen LogP contribution >= 0.6 is 0 Å². The first-order valence-electron chi connectivity index (χ1n) is 4.16. The van der Waals surface area contributed by atoms with E-state index in [0.29, 0.717) is 0 Å². The fourth-order valence-electron chi connectivity index (χ4n) is 1.39. The minimum absolute atomic E-state index is 1.38. The van der Waals surface area contributed by atoms with Gasteiger partial charge in [-0.2, -0.15) is 0 Å². The molecule has 1 aliphatic rings. The van der Waals surface area contributed by atoms with Gasteiger partial charge in [0.2, 0.25) is 0 Å². The predicted octanol–water partition coefficient (Wildman–Crippen LogP) is 0.256.